The molecule has 240 valence electrons. The number of carbonyl (C=O) groups is 4. The van der Waals surface area contributed by atoms with Gasteiger partial charge in [-0.15, -0.1) is 25.5 Å². The summed E-state index contributed by atoms with van der Waals surface area (Å²) in [5.41, 5.74) is 1.74. The monoisotopic (exact) mass is 618 g/mol. The highest BCUT2D eigenvalue weighted by atomic mass is 16.7. The summed E-state index contributed by atoms with van der Waals surface area (Å²) in [6.07, 6.45) is 0.270. The van der Waals surface area contributed by atoms with Crippen LogP contribution in [0.1, 0.15) is 37.1 Å². The lowest BCUT2D eigenvalue weighted by molar-refractivity contribution is -0.198. The molecule has 1 fully saturated rings. The molecule has 2 aromatic rings. The predicted octanol–water partition coefficient (Wildman–Crippen LogP) is 0.329. The zero-order chi connectivity index (χ0) is 31.4. The predicted molar refractivity (Wildman–Crippen MR) is 150 cm³/mol. The van der Waals surface area contributed by atoms with Gasteiger partial charge >= 0.3 is 5.97 Å². The van der Waals surface area contributed by atoms with E-state index < -0.39 is 17.8 Å². The van der Waals surface area contributed by atoms with Crippen molar-refractivity contribution in [2.75, 3.05) is 66.1 Å². The summed E-state index contributed by atoms with van der Waals surface area (Å²) in [7, 11) is 0. The van der Waals surface area contributed by atoms with Gasteiger partial charge < -0.3 is 33.8 Å². The first-order chi connectivity index (χ1) is 21.4. The largest absolute Gasteiger partial charge is 0.379 e. The Bertz CT molecular complexity index is 1170. The maximum atomic E-state index is 12.1. The number of nitrogens with zero attached hydrogens (tertiary/aromatic N) is 5. The minimum Gasteiger partial charge on any atom is -0.379 e. The zero-order valence-corrected chi connectivity index (χ0v) is 24.7. The van der Waals surface area contributed by atoms with Gasteiger partial charge in [0.1, 0.15) is 0 Å². The van der Waals surface area contributed by atoms with Crippen LogP contribution in [0.15, 0.2) is 24.3 Å². The quantitative estimate of drug-likeness (QED) is 0.140. The average molecular weight is 619 g/mol. The second-order valence-corrected chi connectivity index (χ2v) is 9.35. The van der Waals surface area contributed by atoms with E-state index in [2.05, 4.69) is 25.7 Å². The summed E-state index contributed by atoms with van der Waals surface area (Å²) in [6.45, 7) is 5.42. The van der Waals surface area contributed by atoms with Gasteiger partial charge in [0.05, 0.1) is 72.5 Å². The normalized spacial score (nSPS) is 13.0. The molecule has 3 amide bonds. The molecule has 1 saturated heterocycles. The van der Waals surface area contributed by atoms with Crippen LogP contribution in [0.5, 0.6) is 0 Å². The number of benzene rings is 1. The average Bonchev–Trinajstić information content (AvgIpc) is 3.34. The number of imide groups is 1. The molecule has 1 N–H and O–H groups in total. The minimum absolute atomic E-state index is 0.0535. The standard InChI is InChI=1S/C28H38N6O10/c1-21-30-32-28(33-31-21)23-4-2-22(3-5-23)20-29-24(35)8-10-39-12-14-41-16-18-43-19-17-42-15-13-40-11-9-27(38)44-34-25(36)6-7-26(34)37/h2-5H,6-20H2,1H3,(H,29,35). The SMILES string of the molecule is Cc1nnc(-c2ccc(CNC(=O)CCOCCOCCOCCOCCOCCC(=O)ON3C(=O)CCC3=O)cc2)nn1. The molecule has 16 nitrogen and oxygen atoms in total. The van der Waals surface area contributed by atoms with Crippen molar-refractivity contribution in [1.82, 2.24) is 30.8 Å². The third kappa shape index (κ3) is 13.6. The van der Waals surface area contributed by atoms with Gasteiger partial charge in [-0.25, -0.2) is 4.79 Å². The number of hydroxylamine groups is 2. The van der Waals surface area contributed by atoms with E-state index in [4.69, 9.17) is 28.5 Å². The number of aromatic nitrogens is 4. The van der Waals surface area contributed by atoms with Crippen molar-refractivity contribution in [2.45, 2.75) is 39.2 Å². The molecule has 3 rings (SSSR count). The number of rotatable bonds is 22. The van der Waals surface area contributed by atoms with Gasteiger partial charge in [-0.2, -0.15) is 0 Å². The summed E-state index contributed by atoms with van der Waals surface area (Å²) in [5, 5.41) is 19.2. The first kappa shape index (κ1) is 34.5. The van der Waals surface area contributed by atoms with E-state index in [-0.39, 0.29) is 44.8 Å². The van der Waals surface area contributed by atoms with Crippen molar-refractivity contribution in [3.8, 4) is 11.4 Å². The van der Waals surface area contributed by atoms with Gasteiger partial charge in [-0.05, 0) is 12.5 Å². The summed E-state index contributed by atoms with van der Waals surface area (Å²) in [5.74, 6) is -0.897. The van der Waals surface area contributed by atoms with Gasteiger partial charge in [0, 0.05) is 31.4 Å². The maximum Gasteiger partial charge on any atom is 0.335 e. The van der Waals surface area contributed by atoms with E-state index in [1.165, 1.54) is 0 Å². The molecule has 0 unspecified atom stereocenters. The second kappa shape index (κ2) is 20.1. The number of amides is 3. The molecule has 44 heavy (non-hydrogen) atoms. The van der Waals surface area contributed by atoms with Crippen LogP contribution in [-0.2, 0) is 54.2 Å². The second-order valence-electron chi connectivity index (χ2n) is 9.35. The van der Waals surface area contributed by atoms with Crippen molar-refractivity contribution in [2.24, 2.45) is 0 Å². The molecule has 0 bridgehead atoms. The van der Waals surface area contributed by atoms with Gasteiger partial charge in [-0.3, -0.25) is 14.4 Å². The topological polar surface area (TPSA) is 190 Å². The summed E-state index contributed by atoms with van der Waals surface area (Å²) < 4.78 is 26.9. The fourth-order valence-corrected chi connectivity index (χ4v) is 3.56. The van der Waals surface area contributed by atoms with Gasteiger partial charge in [-0.1, -0.05) is 24.3 Å². The Hall–Kier alpha value is -3.96. The van der Waals surface area contributed by atoms with E-state index >= 15 is 0 Å². The van der Waals surface area contributed by atoms with E-state index in [1.807, 2.05) is 24.3 Å². The molecule has 0 atom stereocenters. The number of nitrogens with one attached hydrogen (secondary N) is 1. The number of hydrogen-bond acceptors (Lipinski definition) is 14. The van der Waals surface area contributed by atoms with Crippen LogP contribution >= 0.6 is 0 Å². The van der Waals surface area contributed by atoms with Crippen LogP contribution in [0.2, 0.25) is 0 Å². The molecular formula is C28H38N6O10. The first-order valence-corrected chi connectivity index (χ1v) is 14.3. The fraction of sp³-hybridized carbons (Fsp3) is 0.571. The lowest BCUT2D eigenvalue weighted by Crippen LogP contribution is -2.32. The van der Waals surface area contributed by atoms with Crippen LogP contribution in [0.4, 0.5) is 0 Å². The Kier molecular flexibility index (Phi) is 15.8. The summed E-state index contributed by atoms with van der Waals surface area (Å²) in [4.78, 5) is 51.2. The Balaban J connectivity index is 1.04. The van der Waals surface area contributed by atoms with Gasteiger partial charge in [0.25, 0.3) is 11.8 Å². The van der Waals surface area contributed by atoms with Crippen LogP contribution in [0.25, 0.3) is 11.4 Å². The van der Waals surface area contributed by atoms with Crippen LogP contribution < -0.4 is 5.32 Å². The Morgan fingerprint density at radius 3 is 1.70 bits per heavy atom. The van der Waals surface area contributed by atoms with E-state index in [9.17, 15) is 19.2 Å². The molecule has 1 aromatic heterocycles. The number of carbonyl (C=O) groups excluding carboxylic acids is 4. The van der Waals surface area contributed by atoms with Gasteiger partial charge in [0.2, 0.25) is 11.7 Å². The lowest BCUT2D eigenvalue weighted by Gasteiger charge is -2.12. The summed E-state index contributed by atoms with van der Waals surface area (Å²) >= 11 is 0. The third-order valence-electron chi connectivity index (χ3n) is 5.89. The molecule has 0 saturated carbocycles. The van der Waals surface area contributed by atoms with Crippen LogP contribution in [-0.4, -0.2) is 115 Å². The first-order valence-electron chi connectivity index (χ1n) is 14.3. The molecular weight excluding hydrogens is 580 g/mol. The Morgan fingerprint density at radius 1 is 0.705 bits per heavy atom. The summed E-state index contributed by atoms with van der Waals surface area (Å²) in [6, 6.07) is 7.49. The highest BCUT2D eigenvalue weighted by Crippen LogP contribution is 2.14. The Labute approximate surface area is 254 Å². The van der Waals surface area contributed by atoms with Crippen molar-refractivity contribution in [3.05, 3.63) is 35.7 Å². The van der Waals surface area contributed by atoms with E-state index in [0.717, 1.165) is 11.1 Å². The number of ether oxygens (including phenoxy) is 5. The molecule has 1 aliphatic heterocycles. The molecule has 2 heterocycles. The van der Waals surface area contributed by atoms with E-state index in [0.29, 0.717) is 76.1 Å². The van der Waals surface area contributed by atoms with Crippen LogP contribution in [0, 0.1) is 6.92 Å². The minimum atomic E-state index is -0.707. The molecule has 16 heteroatoms. The molecule has 0 radical (unpaired) electrons. The fourth-order valence-electron chi connectivity index (χ4n) is 3.56. The van der Waals surface area contributed by atoms with E-state index in [1.54, 1.807) is 6.92 Å². The smallest absolute Gasteiger partial charge is 0.335 e. The Morgan fingerprint density at radius 2 is 1.18 bits per heavy atom. The molecule has 0 aliphatic carbocycles. The van der Waals surface area contributed by atoms with Crippen LogP contribution in [0.3, 0.4) is 0 Å². The van der Waals surface area contributed by atoms with Crippen molar-refractivity contribution < 1.29 is 47.7 Å². The van der Waals surface area contributed by atoms with Crippen molar-refractivity contribution in [3.63, 3.8) is 0 Å². The van der Waals surface area contributed by atoms with Crippen molar-refractivity contribution >= 4 is 23.7 Å². The number of hydrogen-bond donors (Lipinski definition) is 1. The third-order valence-corrected chi connectivity index (χ3v) is 5.89. The molecule has 0 spiro atoms. The lowest BCUT2D eigenvalue weighted by atomic mass is 10.1. The van der Waals surface area contributed by atoms with Crippen molar-refractivity contribution in [1.29, 1.82) is 0 Å². The molecule has 1 aliphatic rings. The molecule has 1 aromatic carbocycles. The highest BCUT2D eigenvalue weighted by molar-refractivity contribution is 6.01. The maximum absolute atomic E-state index is 12.1. The highest BCUT2D eigenvalue weighted by Gasteiger charge is 2.32. The van der Waals surface area contributed by atoms with Gasteiger partial charge in [0.15, 0.2) is 5.82 Å². The number of aryl methyl sites for hydroxylation is 1. The zero-order valence-electron chi connectivity index (χ0n) is 24.7.